The van der Waals surface area contributed by atoms with Gasteiger partial charge in [0.15, 0.2) is 0 Å². The fraction of sp³-hybridized carbons (Fsp3) is 0.261. The lowest BCUT2D eigenvalue weighted by Gasteiger charge is -2.24. The number of benzene rings is 2. The third-order valence-electron chi connectivity index (χ3n) is 5.36. The predicted octanol–water partition coefficient (Wildman–Crippen LogP) is 3.91. The van der Waals surface area contributed by atoms with E-state index in [1.807, 2.05) is 29.2 Å². The summed E-state index contributed by atoms with van der Waals surface area (Å²) in [4.78, 5) is 17.1. The molecule has 2 heterocycles. The summed E-state index contributed by atoms with van der Waals surface area (Å²) >= 11 is 1.16. The van der Waals surface area contributed by atoms with Gasteiger partial charge in [-0.2, -0.15) is 0 Å². The second-order valence-electron chi connectivity index (χ2n) is 7.45. The van der Waals surface area contributed by atoms with Gasteiger partial charge in [0.25, 0.3) is 15.9 Å². The molecule has 0 spiro atoms. The number of methoxy groups -OCH3 is 1. The van der Waals surface area contributed by atoms with Gasteiger partial charge in [0.2, 0.25) is 0 Å². The number of nitrogens with zero attached hydrogens (tertiary/aromatic N) is 2. The number of anilines is 2. The molecule has 0 atom stereocenters. The Balaban J connectivity index is 1.38. The van der Waals surface area contributed by atoms with Crippen molar-refractivity contribution in [2.45, 2.75) is 10.6 Å². The van der Waals surface area contributed by atoms with Crippen LogP contribution in [0, 0.1) is 0 Å². The van der Waals surface area contributed by atoms with Crippen molar-refractivity contribution in [2.75, 3.05) is 42.9 Å². The molecule has 1 fully saturated rings. The molecule has 32 heavy (non-hydrogen) atoms. The summed E-state index contributed by atoms with van der Waals surface area (Å²) in [5.41, 5.74) is 2.08. The van der Waals surface area contributed by atoms with Crippen LogP contribution in [0.4, 0.5) is 11.4 Å². The molecular weight excluding hydrogens is 446 g/mol. The summed E-state index contributed by atoms with van der Waals surface area (Å²) < 4.78 is 32.8. The number of rotatable bonds is 6. The minimum atomic E-state index is -3.61. The fourth-order valence-electron chi connectivity index (χ4n) is 3.66. The summed E-state index contributed by atoms with van der Waals surface area (Å²) in [5, 5.41) is 1.72. The Morgan fingerprint density at radius 1 is 0.969 bits per heavy atom. The Morgan fingerprint density at radius 2 is 1.72 bits per heavy atom. The maximum Gasteiger partial charge on any atom is 0.271 e. The van der Waals surface area contributed by atoms with Crippen LogP contribution in [0.25, 0.3) is 0 Å². The third-order valence-corrected chi connectivity index (χ3v) is 8.14. The normalized spacial score (nSPS) is 14.7. The van der Waals surface area contributed by atoms with Gasteiger partial charge < -0.3 is 14.5 Å². The average Bonchev–Trinajstić information content (AvgIpc) is 3.26. The van der Waals surface area contributed by atoms with E-state index in [0.717, 1.165) is 42.3 Å². The van der Waals surface area contributed by atoms with E-state index in [1.165, 1.54) is 0 Å². The molecule has 0 aliphatic carbocycles. The van der Waals surface area contributed by atoms with Crippen LogP contribution in [0.5, 0.6) is 5.75 Å². The van der Waals surface area contributed by atoms with Crippen molar-refractivity contribution < 1.29 is 17.9 Å². The highest BCUT2D eigenvalue weighted by molar-refractivity contribution is 7.94. The van der Waals surface area contributed by atoms with E-state index < -0.39 is 10.0 Å². The quantitative estimate of drug-likeness (QED) is 0.590. The Bertz CT molecular complexity index is 1140. The highest BCUT2D eigenvalue weighted by Gasteiger charge is 2.21. The van der Waals surface area contributed by atoms with Crippen LogP contribution in [0.1, 0.15) is 16.8 Å². The SMILES string of the molecule is COc1ccc(N2CCCN(C(=O)c3ccc(NS(=O)(=O)c4cccs4)cc3)CC2)cc1. The first kappa shape index (κ1) is 22.2. The van der Waals surface area contributed by atoms with E-state index >= 15 is 0 Å². The molecule has 0 unspecified atom stereocenters. The van der Waals surface area contributed by atoms with E-state index in [9.17, 15) is 13.2 Å². The first-order valence-corrected chi connectivity index (χ1v) is 12.7. The van der Waals surface area contributed by atoms with E-state index in [4.69, 9.17) is 4.74 Å². The fourth-order valence-corrected chi connectivity index (χ4v) is 5.71. The minimum absolute atomic E-state index is 0.0470. The van der Waals surface area contributed by atoms with Crippen LogP contribution in [0.3, 0.4) is 0 Å². The lowest BCUT2D eigenvalue weighted by Crippen LogP contribution is -2.35. The molecule has 4 rings (SSSR count). The first-order valence-electron chi connectivity index (χ1n) is 10.3. The highest BCUT2D eigenvalue weighted by Crippen LogP contribution is 2.23. The summed E-state index contributed by atoms with van der Waals surface area (Å²) in [7, 11) is -1.96. The summed E-state index contributed by atoms with van der Waals surface area (Å²) in [6, 6.07) is 17.8. The molecule has 1 amide bonds. The van der Waals surface area contributed by atoms with Crippen LogP contribution < -0.4 is 14.4 Å². The monoisotopic (exact) mass is 471 g/mol. The molecule has 9 heteroatoms. The van der Waals surface area contributed by atoms with Crippen molar-refractivity contribution in [3.63, 3.8) is 0 Å². The van der Waals surface area contributed by atoms with Crippen LogP contribution in [-0.4, -0.2) is 52.5 Å². The van der Waals surface area contributed by atoms with Gasteiger partial charge in [0.1, 0.15) is 9.96 Å². The van der Waals surface area contributed by atoms with Crippen molar-refractivity contribution in [2.24, 2.45) is 0 Å². The molecule has 168 valence electrons. The number of ether oxygens (including phenoxy) is 1. The Hall–Kier alpha value is -3.04. The molecule has 7 nitrogen and oxygen atoms in total. The summed E-state index contributed by atoms with van der Waals surface area (Å²) in [5.74, 6) is 0.774. The van der Waals surface area contributed by atoms with Gasteiger partial charge >= 0.3 is 0 Å². The van der Waals surface area contributed by atoms with Gasteiger partial charge in [-0.05, 0) is 66.4 Å². The number of thiophene rings is 1. The van der Waals surface area contributed by atoms with Gasteiger partial charge in [-0.25, -0.2) is 8.42 Å². The zero-order chi connectivity index (χ0) is 22.6. The molecular formula is C23H25N3O4S2. The molecule has 0 radical (unpaired) electrons. The number of hydrogen-bond donors (Lipinski definition) is 1. The number of sulfonamides is 1. The predicted molar refractivity (Wildman–Crippen MR) is 127 cm³/mol. The minimum Gasteiger partial charge on any atom is -0.497 e. The summed E-state index contributed by atoms with van der Waals surface area (Å²) in [6.07, 6.45) is 0.871. The molecule has 1 N–H and O–H groups in total. The Morgan fingerprint density at radius 3 is 2.38 bits per heavy atom. The van der Waals surface area contributed by atoms with Crippen molar-refractivity contribution in [3.05, 3.63) is 71.6 Å². The van der Waals surface area contributed by atoms with E-state index in [0.29, 0.717) is 24.3 Å². The molecule has 1 aromatic heterocycles. The van der Waals surface area contributed by atoms with Gasteiger partial charge in [0.05, 0.1) is 7.11 Å². The van der Waals surface area contributed by atoms with E-state index in [1.54, 1.807) is 48.9 Å². The Labute approximate surface area is 192 Å². The van der Waals surface area contributed by atoms with E-state index in [-0.39, 0.29) is 10.1 Å². The number of hydrogen-bond acceptors (Lipinski definition) is 6. The topological polar surface area (TPSA) is 79.0 Å². The smallest absolute Gasteiger partial charge is 0.271 e. The molecule has 3 aromatic rings. The average molecular weight is 472 g/mol. The maximum absolute atomic E-state index is 13.0. The van der Waals surface area contributed by atoms with Gasteiger partial charge in [-0.1, -0.05) is 6.07 Å². The zero-order valence-electron chi connectivity index (χ0n) is 17.7. The Kier molecular flexibility index (Phi) is 6.66. The molecule has 0 bridgehead atoms. The van der Waals surface area contributed by atoms with Crippen LogP contribution in [-0.2, 0) is 10.0 Å². The van der Waals surface area contributed by atoms with Crippen molar-refractivity contribution >= 4 is 38.6 Å². The number of carbonyl (C=O) groups is 1. The molecule has 1 aliphatic heterocycles. The molecule has 0 saturated carbocycles. The second kappa shape index (κ2) is 9.62. The molecule has 2 aromatic carbocycles. The van der Waals surface area contributed by atoms with Crippen molar-refractivity contribution in [3.8, 4) is 5.75 Å². The lowest BCUT2D eigenvalue weighted by molar-refractivity contribution is 0.0767. The maximum atomic E-state index is 13.0. The van der Waals surface area contributed by atoms with Gasteiger partial charge in [-0.3, -0.25) is 9.52 Å². The van der Waals surface area contributed by atoms with Gasteiger partial charge in [-0.15, -0.1) is 11.3 Å². The van der Waals surface area contributed by atoms with Crippen LogP contribution in [0.15, 0.2) is 70.3 Å². The first-order chi connectivity index (χ1) is 15.5. The number of carbonyl (C=O) groups excluding carboxylic acids is 1. The summed E-state index contributed by atoms with van der Waals surface area (Å²) in [6.45, 7) is 2.92. The van der Waals surface area contributed by atoms with E-state index in [2.05, 4.69) is 9.62 Å². The number of amides is 1. The van der Waals surface area contributed by atoms with Crippen molar-refractivity contribution in [1.82, 2.24) is 4.90 Å². The lowest BCUT2D eigenvalue weighted by atomic mass is 10.2. The molecule has 1 aliphatic rings. The number of nitrogens with one attached hydrogen (secondary N) is 1. The molecule has 1 saturated heterocycles. The highest BCUT2D eigenvalue weighted by atomic mass is 32.2. The van der Waals surface area contributed by atoms with Crippen LogP contribution in [0.2, 0.25) is 0 Å². The zero-order valence-corrected chi connectivity index (χ0v) is 19.4. The standard InChI is InChI=1S/C23H25N3O4S2/c1-30-21-11-9-20(10-12-21)25-13-3-14-26(16-15-25)23(27)18-5-7-19(8-6-18)24-32(28,29)22-4-2-17-31-22/h2,4-12,17,24H,3,13-16H2,1H3. The van der Waals surface area contributed by atoms with Crippen LogP contribution >= 0.6 is 11.3 Å². The largest absolute Gasteiger partial charge is 0.497 e. The van der Waals surface area contributed by atoms with Gasteiger partial charge in [0, 0.05) is 43.1 Å². The third kappa shape index (κ3) is 5.05. The second-order valence-corrected chi connectivity index (χ2v) is 10.3. The van der Waals surface area contributed by atoms with Crippen molar-refractivity contribution in [1.29, 1.82) is 0 Å².